The summed E-state index contributed by atoms with van der Waals surface area (Å²) in [6, 6.07) is 7.12. The van der Waals surface area contributed by atoms with Gasteiger partial charge in [-0.1, -0.05) is 15.9 Å². The summed E-state index contributed by atoms with van der Waals surface area (Å²) < 4.78 is 23.8. The number of benzene rings is 1. The molecule has 0 aliphatic rings. The van der Waals surface area contributed by atoms with Crippen LogP contribution < -0.4 is 5.32 Å². The van der Waals surface area contributed by atoms with Gasteiger partial charge >= 0.3 is 7.60 Å². The Bertz CT molecular complexity index is 482. The maximum absolute atomic E-state index is 12.5. The molecule has 0 spiro atoms. The van der Waals surface area contributed by atoms with E-state index in [1.165, 1.54) is 0 Å². The highest BCUT2D eigenvalue weighted by Gasteiger charge is 2.37. The fourth-order valence-corrected chi connectivity index (χ4v) is 3.40. The number of carbonyl (C=O) groups is 1. The number of rotatable bonds is 7. The van der Waals surface area contributed by atoms with Gasteiger partial charge < -0.3 is 14.4 Å². The van der Waals surface area contributed by atoms with Gasteiger partial charge in [-0.25, -0.2) is 0 Å². The molecule has 0 bridgehead atoms. The Morgan fingerprint density at radius 1 is 1.25 bits per heavy atom. The topological polar surface area (TPSA) is 64.6 Å². The van der Waals surface area contributed by atoms with E-state index in [4.69, 9.17) is 9.05 Å². The maximum atomic E-state index is 12.5. The molecule has 0 radical (unpaired) electrons. The molecule has 1 unspecified atom stereocenters. The van der Waals surface area contributed by atoms with E-state index < -0.39 is 19.2 Å². The molecule has 1 aromatic carbocycles. The molecule has 0 aliphatic carbocycles. The lowest BCUT2D eigenvalue weighted by Gasteiger charge is -2.22. The largest absolute Gasteiger partial charge is 0.342 e. The van der Waals surface area contributed by atoms with E-state index in [1.54, 1.807) is 32.9 Å². The van der Waals surface area contributed by atoms with E-state index in [1.807, 2.05) is 12.1 Å². The van der Waals surface area contributed by atoms with Crippen molar-refractivity contribution in [2.75, 3.05) is 18.5 Å². The van der Waals surface area contributed by atoms with Crippen LogP contribution in [0.25, 0.3) is 0 Å². The van der Waals surface area contributed by atoms with Crippen molar-refractivity contribution in [3.8, 4) is 0 Å². The van der Waals surface area contributed by atoms with Crippen molar-refractivity contribution in [1.29, 1.82) is 0 Å². The number of hydrogen-bond acceptors (Lipinski definition) is 4. The zero-order chi connectivity index (χ0) is 15.2. The van der Waals surface area contributed by atoms with Crippen LogP contribution in [0.3, 0.4) is 0 Å². The van der Waals surface area contributed by atoms with Gasteiger partial charge in [0.15, 0.2) is 0 Å². The number of amides is 1. The number of hydrogen-bond donors (Lipinski definition) is 1. The molecule has 1 amide bonds. The normalized spacial score (nSPS) is 13.0. The Hall–Kier alpha value is -0.680. The number of halogens is 1. The first kappa shape index (κ1) is 17.4. The summed E-state index contributed by atoms with van der Waals surface area (Å²) in [5, 5.41) is 2.70. The van der Waals surface area contributed by atoms with Gasteiger partial charge in [0.05, 0.1) is 13.2 Å². The van der Waals surface area contributed by atoms with Crippen LogP contribution in [0.2, 0.25) is 0 Å². The second kappa shape index (κ2) is 7.93. The van der Waals surface area contributed by atoms with Gasteiger partial charge in [0.1, 0.15) is 5.66 Å². The molecule has 1 rings (SSSR count). The lowest BCUT2D eigenvalue weighted by atomic mass is 10.3. The van der Waals surface area contributed by atoms with Crippen LogP contribution in [-0.4, -0.2) is 24.8 Å². The van der Waals surface area contributed by atoms with Crippen LogP contribution >= 0.6 is 23.5 Å². The van der Waals surface area contributed by atoms with Crippen LogP contribution in [0.4, 0.5) is 5.69 Å². The fraction of sp³-hybridized carbons (Fsp3) is 0.462. The highest BCUT2D eigenvalue weighted by molar-refractivity contribution is 9.10. The third kappa shape index (κ3) is 4.70. The quantitative estimate of drug-likeness (QED) is 0.742. The van der Waals surface area contributed by atoms with Gasteiger partial charge in [-0.05, 0) is 45.0 Å². The van der Waals surface area contributed by atoms with Crippen LogP contribution in [0, 0.1) is 0 Å². The van der Waals surface area contributed by atoms with Crippen molar-refractivity contribution >= 4 is 35.1 Å². The number of carbonyl (C=O) groups excluding carboxylic acids is 1. The van der Waals surface area contributed by atoms with Crippen LogP contribution in [0.5, 0.6) is 0 Å². The molecule has 0 aromatic heterocycles. The van der Waals surface area contributed by atoms with E-state index in [2.05, 4.69) is 21.2 Å². The Kier molecular flexibility index (Phi) is 6.89. The Morgan fingerprint density at radius 3 is 2.20 bits per heavy atom. The first-order chi connectivity index (χ1) is 9.42. The molecule has 20 heavy (non-hydrogen) atoms. The van der Waals surface area contributed by atoms with Gasteiger partial charge in [-0.2, -0.15) is 0 Å². The van der Waals surface area contributed by atoms with E-state index in [9.17, 15) is 9.36 Å². The molecule has 1 aromatic rings. The first-order valence-electron chi connectivity index (χ1n) is 6.38. The highest BCUT2D eigenvalue weighted by atomic mass is 79.9. The second-order valence-corrected chi connectivity index (χ2v) is 7.33. The second-order valence-electron chi connectivity index (χ2n) is 4.05. The minimum Gasteiger partial charge on any atom is -0.325 e. The third-order valence-corrected chi connectivity index (χ3v) is 5.53. The van der Waals surface area contributed by atoms with Gasteiger partial charge in [-0.15, -0.1) is 0 Å². The van der Waals surface area contributed by atoms with Crippen molar-refractivity contribution in [3.63, 3.8) is 0 Å². The molecule has 0 fully saturated rings. The van der Waals surface area contributed by atoms with Crippen molar-refractivity contribution in [2.45, 2.75) is 26.4 Å². The Balaban J connectivity index is 2.78. The van der Waals surface area contributed by atoms with Crippen molar-refractivity contribution in [2.24, 2.45) is 0 Å². The van der Waals surface area contributed by atoms with Crippen molar-refractivity contribution < 1.29 is 18.4 Å². The maximum Gasteiger partial charge on any atom is 0.342 e. The standard InChI is InChI=1S/C13H19BrNO4P/c1-4-18-20(17,19-5-2)10(3)13(16)15-12-8-6-11(14)7-9-12/h6-10H,4-5H2,1-3H3,(H,15,16). The molecule has 112 valence electrons. The minimum atomic E-state index is -3.43. The van der Waals surface area contributed by atoms with E-state index in [0.29, 0.717) is 5.69 Å². The van der Waals surface area contributed by atoms with Crippen molar-refractivity contribution in [1.82, 2.24) is 0 Å². The monoisotopic (exact) mass is 363 g/mol. The van der Waals surface area contributed by atoms with Crippen LogP contribution in [0.1, 0.15) is 20.8 Å². The zero-order valence-electron chi connectivity index (χ0n) is 11.8. The Labute approximate surface area is 127 Å². The van der Waals surface area contributed by atoms with Crippen molar-refractivity contribution in [3.05, 3.63) is 28.7 Å². The van der Waals surface area contributed by atoms with Gasteiger partial charge in [0, 0.05) is 10.2 Å². The predicted molar refractivity (Wildman–Crippen MR) is 83.1 cm³/mol. The summed E-state index contributed by atoms with van der Waals surface area (Å²) in [6.07, 6.45) is 0. The third-order valence-electron chi connectivity index (χ3n) is 2.58. The lowest BCUT2D eigenvalue weighted by molar-refractivity contribution is -0.116. The summed E-state index contributed by atoms with van der Waals surface area (Å²) >= 11 is 3.32. The fourth-order valence-electron chi connectivity index (χ4n) is 1.54. The molecule has 0 heterocycles. The molecule has 0 saturated heterocycles. The number of nitrogens with one attached hydrogen (secondary N) is 1. The summed E-state index contributed by atoms with van der Waals surface area (Å²) in [6.45, 7) is 5.43. The van der Waals surface area contributed by atoms with Gasteiger partial charge in [0.2, 0.25) is 5.91 Å². The summed E-state index contributed by atoms with van der Waals surface area (Å²) in [5.74, 6) is -0.391. The molecule has 1 N–H and O–H groups in total. The molecule has 0 saturated carbocycles. The molecule has 5 nitrogen and oxygen atoms in total. The average molecular weight is 364 g/mol. The zero-order valence-corrected chi connectivity index (χ0v) is 14.2. The van der Waals surface area contributed by atoms with E-state index in [-0.39, 0.29) is 13.2 Å². The van der Waals surface area contributed by atoms with Gasteiger partial charge in [0.25, 0.3) is 0 Å². The summed E-state index contributed by atoms with van der Waals surface area (Å²) in [5.41, 5.74) is -0.240. The molecule has 7 heteroatoms. The van der Waals surface area contributed by atoms with Crippen LogP contribution in [-0.2, 0) is 18.4 Å². The van der Waals surface area contributed by atoms with Gasteiger partial charge in [-0.3, -0.25) is 9.36 Å². The SMILES string of the molecule is CCOP(=O)(OCC)C(C)C(=O)Nc1ccc(Br)cc1. The van der Waals surface area contributed by atoms with E-state index in [0.717, 1.165) is 4.47 Å². The number of anilines is 1. The summed E-state index contributed by atoms with van der Waals surface area (Å²) in [4.78, 5) is 12.1. The molecular weight excluding hydrogens is 345 g/mol. The Morgan fingerprint density at radius 2 is 1.75 bits per heavy atom. The smallest absolute Gasteiger partial charge is 0.325 e. The predicted octanol–water partition coefficient (Wildman–Crippen LogP) is 4.04. The van der Waals surface area contributed by atoms with E-state index >= 15 is 0 Å². The average Bonchev–Trinajstić information content (AvgIpc) is 2.41. The highest BCUT2D eigenvalue weighted by Crippen LogP contribution is 2.53. The first-order valence-corrected chi connectivity index (χ1v) is 8.78. The van der Waals surface area contributed by atoms with Crippen LogP contribution in [0.15, 0.2) is 28.7 Å². The minimum absolute atomic E-state index is 0.229. The molecule has 0 aliphatic heterocycles. The molecule has 1 atom stereocenters. The summed E-state index contributed by atoms with van der Waals surface area (Å²) in [7, 11) is -3.43. The lowest BCUT2D eigenvalue weighted by Crippen LogP contribution is -2.27. The molecular formula is C13H19BrNO4P.